The van der Waals surface area contributed by atoms with Crippen LogP contribution in [0.15, 0.2) is 42.5 Å². The normalized spacial score (nSPS) is 13.3. The highest BCUT2D eigenvalue weighted by atomic mass is 32.2. The lowest BCUT2D eigenvalue weighted by Gasteiger charge is -2.30. The Balaban J connectivity index is 2.44. The second-order valence-corrected chi connectivity index (χ2v) is 8.19. The van der Waals surface area contributed by atoms with Gasteiger partial charge in [0.25, 0.3) is 5.91 Å². The SMILES string of the molecule is O=C(Nc1ccc(C(F)(C(F)(F)F)C(F)(F)F)cc1)c1cccc(OS(=O)(=O)C(F)(F)F)c1C(=O)O. The van der Waals surface area contributed by atoms with Crippen LogP contribution in [-0.4, -0.2) is 43.3 Å². The van der Waals surface area contributed by atoms with E-state index in [0.29, 0.717) is 24.3 Å². The zero-order valence-electron chi connectivity index (χ0n) is 16.7. The maximum absolute atomic E-state index is 14.1. The molecule has 1 amide bonds. The standard InChI is InChI=1S/C18H9F10NO6S/c19-15(16(20,21)22,17(23,24)25)8-4-6-9(7-5-8)29-13(30)10-2-1-3-11(12(10)14(31)32)35-36(33,34)18(26,27)28/h1-7H,(H,29,30)(H,31,32). The van der Waals surface area contributed by atoms with E-state index in [4.69, 9.17) is 0 Å². The van der Waals surface area contributed by atoms with E-state index < -0.39 is 73.7 Å². The summed E-state index contributed by atoms with van der Waals surface area (Å²) in [6, 6.07) is 2.72. The Labute approximate surface area is 193 Å². The Morgan fingerprint density at radius 1 is 0.806 bits per heavy atom. The highest BCUT2D eigenvalue weighted by molar-refractivity contribution is 7.88. The van der Waals surface area contributed by atoms with Crippen LogP contribution < -0.4 is 9.50 Å². The number of carbonyl (C=O) groups excluding carboxylic acids is 1. The highest BCUT2D eigenvalue weighted by Crippen LogP contribution is 2.53. The topological polar surface area (TPSA) is 110 Å². The first-order chi connectivity index (χ1) is 16.1. The van der Waals surface area contributed by atoms with Gasteiger partial charge in [0.05, 0.1) is 5.56 Å². The van der Waals surface area contributed by atoms with Crippen LogP contribution in [0.4, 0.5) is 49.6 Å². The van der Waals surface area contributed by atoms with E-state index in [1.807, 2.05) is 5.32 Å². The molecule has 0 aliphatic carbocycles. The summed E-state index contributed by atoms with van der Waals surface area (Å²) >= 11 is 0. The maximum atomic E-state index is 14.1. The Morgan fingerprint density at radius 2 is 1.31 bits per heavy atom. The molecule has 2 N–H and O–H groups in total. The molecule has 0 saturated carbocycles. The average Bonchev–Trinajstić information content (AvgIpc) is 2.70. The molecule has 0 unspecified atom stereocenters. The summed E-state index contributed by atoms with van der Waals surface area (Å²) < 4.78 is 155. The van der Waals surface area contributed by atoms with Crippen molar-refractivity contribution in [2.75, 3.05) is 5.32 Å². The molecule has 0 aliphatic rings. The number of rotatable bonds is 6. The summed E-state index contributed by atoms with van der Waals surface area (Å²) in [7, 11) is -6.37. The van der Waals surface area contributed by atoms with Crippen LogP contribution >= 0.6 is 0 Å². The third-order valence-corrected chi connectivity index (χ3v) is 5.26. The Bertz CT molecular complexity index is 1250. The quantitative estimate of drug-likeness (QED) is 0.289. The number of aromatic carboxylic acids is 1. The van der Waals surface area contributed by atoms with Crippen molar-refractivity contribution in [3.63, 3.8) is 0 Å². The fourth-order valence-corrected chi connectivity index (χ4v) is 3.12. The number of halogens is 10. The van der Waals surface area contributed by atoms with Crippen LogP contribution in [0.3, 0.4) is 0 Å². The molecular weight excluding hydrogens is 548 g/mol. The van der Waals surface area contributed by atoms with Gasteiger partial charge in [0.15, 0.2) is 5.75 Å². The molecule has 18 heteroatoms. The zero-order valence-corrected chi connectivity index (χ0v) is 17.5. The molecular formula is C18H9F10NO6S. The summed E-state index contributed by atoms with van der Waals surface area (Å²) in [4.78, 5) is 23.9. The van der Waals surface area contributed by atoms with Crippen LogP contribution in [-0.2, 0) is 15.8 Å². The van der Waals surface area contributed by atoms with Gasteiger partial charge < -0.3 is 14.6 Å². The first-order valence-electron chi connectivity index (χ1n) is 8.75. The van der Waals surface area contributed by atoms with E-state index >= 15 is 0 Å². The fraction of sp³-hybridized carbons (Fsp3) is 0.222. The van der Waals surface area contributed by atoms with Gasteiger partial charge in [-0.3, -0.25) is 4.79 Å². The molecule has 0 heterocycles. The number of amides is 1. The van der Waals surface area contributed by atoms with Gasteiger partial charge in [-0.2, -0.15) is 47.9 Å². The van der Waals surface area contributed by atoms with E-state index in [2.05, 4.69) is 4.18 Å². The van der Waals surface area contributed by atoms with Crippen molar-refractivity contribution in [3.8, 4) is 5.75 Å². The van der Waals surface area contributed by atoms with Crippen molar-refractivity contribution in [3.05, 3.63) is 59.2 Å². The molecule has 0 spiro atoms. The van der Waals surface area contributed by atoms with Crippen molar-refractivity contribution in [2.24, 2.45) is 0 Å². The Kier molecular flexibility index (Phi) is 7.28. The number of carboxylic acid groups (broad SMARTS) is 1. The summed E-state index contributed by atoms with van der Waals surface area (Å²) in [6.45, 7) is 0. The zero-order chi connectivity index (χ0) is 27.9. The second-order valence-electron chi connectivity index (χ2n) is 6.65. The molecule has 0 saturated heterocycles. The van der Waals surface area contributed by atoms with Gasteiger partial charge >= 0.3 is 39.6 Å². The molecule has 0 fully saturated rings. The van der Waals surface area contributed by atoms with E-state index in [1.54, 1.807) is 0 Å². The molecule has 0 radical (unpaired) electrons. The molecule has 198 valence electrons. The third kappa shape index (κ3) is 5.31. The molecule has 0 bridgehead atoms. The van der Waals surface area contributed by atoms with E-state index in [-0.39, 0.29) is 12.1 Å². The molecule has 36 heavy (non-hydrogen) atoms. The van der Waals surface area contributed by atoms with Gasteiger partial charge in [-0.05, 0) is 24.3 Å². The van der Waals surface area contributed by atoms with E-state index in [1.165, 1.54) is 0 Å². The molecule has 2 rings (SSSR count). The van der Waals surface area contributed by atoms with Crippen molar-refractivity contribution in [1.29, 1.82) is 0 Å². The van der Waals surface area contributed by atoms with Crippen LogP contribution in [0.1, 0.15) is 26.3 Å². The van der Waals surface area contributed by atoms with Crippen molar-refractivity contribution in [2.45, 2.75) is 23.5 Å². The summed E-state index contributed by atoms with van der Waals surface area (Å²) in [5.74, 6) is -5.07. The molecule has 0 atom stereocenters. The molecule has 2 aromatic carbocycles. The fourth-order valence-electron chi connectivity index (χ4n) is 2.65. The van der Waals surface area contributed by atoms with Gasteiger partial charge in [0.2, 0.25) is 0 Å². The van der Waals surface area contributed by atoms with E-state index in [9.17, 15) is 67.0 Å². The van der Waals surface area contributed by atoms with Gasteiger partial charge in [0, 0.05) is 11.3 Å². The smallest absolute Gasteiger partial charge is 0.478 e. The lowest BCUT2D eigenvalue weighted by molar-refractivity contribution is -0.348. The Hall–Kier alpha value is -3.57. The van der Waals surface area contributed by atoms with Crippen LogP contribution in [0.5, 0.6) is 5.75 Å². The lowest BCUT2D eigenvalue weighted by atomic mass is 9.94. The average molecular weight is 557 g/mol. The van der Waals surface area contributed by atoms with E-state index in [0.717, 1.165) is 6.07 Å². The maximum Gasteiger partial charge on any atom is 0.534 e. The first-order valence-corrected chi connectivity index (χ1v) is 10.2. The van der Waals surface area contributed by atoms with Crippen molar-refractivity contribution in [1.82, 2.24) is 0 Å². The van der Waals surface area contributed by atoms with Gasteiger partial charge in [0.1, 0.15) is 5.56 Å². The molecule has 7 nitrogen and oxygen atoms in total. The number of nitrogens with one attached hydrogen (secondary N) is 1. The number of carbonyl (C=O) groups is 2. The minimum Gasteiger partial charge on any atom is -0.478 e. The number of anilines is 1. The minimum atomic E-state index is -6.41. The molecule has 2 aromatic rings. The van der Waals surface area contributed by atoms with Crippen molar-refractivity contribution < 1.29 is 71.2 Å². The molecule has 0 aliphatic heterocycles. The number of hydrogen-bond donors (Lipinski definition) is 2. The third-order valence-electron chi connectivity index (χ3n) is 4.29. The van der Waals surface area contributed by atoms with Gasteiger partial charge in [-0.1, -0.05) is 18.2 Å². The molecule has 0 aromatic heterocycles. The monoisotopic (exact) mass is 557 g/mol. The minimum absolute atomic E-state index is 0.0319. The number of carboxylic acids is 1. The number of hydrogen-bond acceptors (Lipinski definition) is 5. The van der Waals surface area contributed by atoms with Gasteiger partial charge in [-0.15, -0.1) is 0 Å². The number of benzene rings is 2. The first kappa shape index (κ1) is 28.7. The van der Waals surface area contributed by atoms with Gasteiger partial charge in [-0.25, -0.2) is 9.18 Å². The van der Waals surface area contributed by atoms with Crippen LogP contribution in [0.2, 0.25) is 0 Å². The predicted molar refractivity (Wildman–Crippen MR) is 98.3 cm³/mol. The second kappa shape index (κ2) is 9.14. The summed E-state index contributed by atoms with van der Waals surface area (Å²) in [5.41, 5.74) is -16.6. The highest BCUT2D eigenvalue weighted by Gasteiger charge is 2.73. The Morgan fingerprint density at radius 3 is 1.72 bits per heavy atom. The lowest BCUT2D eigenvalue weighted by Crippen LogP contribution is -2.50. The van der Waals surface area contributed by atoms with Crippen LogP contribution in [0.25, 0.3) is 0 Å². The predicted octanol–water partition coefficient (Wildman–Crippen LogP) is 5.15. The summed E-state index contributed by atoms with van der Waals surface area (Å²) in [5, 5.41) is 11.1. The largest absolute Gasteiger partial charge is 0.534 e. The van der Waals surface area contributed by atoms with Crippen LogP contribution in [0, 0.1) is 0 Å². The van der Waals surface area contributed by atoms with Crippen molar-refractivity contribution >= 4 is 27.7 Å². The summed E-state index contributed by atoms with van der Waals surface area (Å²) in [6.07, 6.45) is -12.8. The number of alkyl halides is 10.